The molecule has 1 fully saturated rings. The molecule has 0 saturated carbocycles. The molecule has 0 spiro atoms. The number of rotatable bonds is 7. The Morgan fingerprint density at radius 3 is 2.94 bits per heavy atom. The molecule has 2 atom stereocenters. The zero-order chi connectivity index (χ0) is 11.8. The van der Waals surface area contributed by atoms with Crippen molar-refractivity contribution in [3.63, 3.8) is 0 Å². The van der Waals surface area contributed by atoms with Crippen molar-refractivity contribution in [3.8, 4) is 0 Å². The van der Waals surface area contributed by atoms with Gasteiger partial charge in [-0.3, -0.25) is 4.79 Å². The van der Waals surface area contributed by atoms with Crippen LogP contribution in [0.25, 0.3) is 0 Å². The van der Waals surface area contributed by atoms with Crippen molar-refractivity contribution in [2.75, 3.05) is 32.9 Å². The normalized spacial score (nSPS) is 24.6. The summed E-state index contributed by atoms with van der Waals surface area (Å²) >= 11 is 0. The van der Waals surface area contributed by atoms with Gasteiger partial charge in [0.25, 0.3) is 0 Å². The van der Waals surface area contributed by atoms with Gasteiger partial charge in [-0.2, -0.15) is 0 Å². The van der Waals surface area contributed by atoms with Gasteiger partial charge in [0, 0.05) is 19.2 Å². The van der Waals surface area contributed by atoms with E-state index in [4.69, 9.17) is 9.84 Å². The number of aliphatic hydroxyl groups is 1. The van der Waals surface area contributed by atoms with Crippen LogP contribution in [0.5, 0.6) is 0 Å². The van der Waals surface area contributed by atoms with Crippen molar-refractivity contribution >= 4 is 5.91 Å². The van der Waals surface area contributed by atoms with Gasteiger partial charge in [-0.25, -0.2) is 0 Å². The molecule has 0 radical (unpaired) electrons. The molecule has 94 valence electrons. The second-order valence-electron chi connectivity index (χ2n) is 4.07. The van der Waals surface area contributed by atoms with E-state index < -0.39 is 0 Å². The molecule has 0 aromatic carbocycles. The number of hydrogen-bond donors (Lipinski definition) is 3. The molecule has 5 nitrogen and oxygen atoms in total. The number of hydrogen-bond acceptors (Lipinski definition) is 4. The molecule has 3 N–H and O–H groups in total. The first-order valence-corrected chi connectivity index (χ1v) is 5.99. The highest BCUT2D eigenvalue weighted by atomic mass is 16.5. The van der Waals surface area contributed by atoms with Gasteiger partial charge in [0.15, 0.2) is 0 Å². The van der Waals surface area contributed by atoms with E-state index in [1.54, 1.807) is 0 Å². The van der Waals surface area contributed by atoms with Crippen LogP contribution in [-0.4, -0.2) is 50.0 Å². The van der Waals surface area contributed by atoms with E-state index >= 15 is 0 Å². The summed E-state index contributed by atoms with van der Waals surface area (Å²) in [7, 11) is 0. The SMILES string of the molecule is CCCNC1COCC1C(=O)NCCCO. The lowest BCUT2D eigenvalue weighted by Crippen LogP contribution is -2.44. The van der Waals surface area contributed by atoms with E-state index in [1.165, 1.54) is 0 Å². The Hall–Kier alpha value is -0.650. The first kappa shape index (κ1) is 13.4. The topological polar surface area (TPSA) is 70.6 Å². The summed E-state index contributed by atoms with van der Waals surface area (Å²) in [6.07, 6.45) is 1.65. The van der Waals surface area contributed by atoms with Gasteiger partial charge in [0.05, 0.1) is 19.1 Å². The molecule has 5 heteroatoms. The van der Waals surface area contributed by atoms with E-state index in [-0.39, 0.29) is 24.5 Å². The molecule has 0 aromatic heterocycles. The summed E-state index contributed by atoms with van der Waals surface area (Å²) in [5, 5.41) is 14.8. The summed E-state index contributed by atoms with van der Waals surface area (Å²) in [6.45, 7) is 4.75. The second-order valence-corrected chi connectivity index (χ2v) is 4.07. The van der Waals surface area contributed by atoms with Crippen LogP contribution in [0.4, 0.5) is 0 Å². The fraction of sp³-hybridized carbons (Fsp3) is 0.909. The molecule has 1 aliphatic rings. The lowest BCUT2D eigenvalue weighted by Gasteiger charge is -2.18. The molecule has 1 rings (SSSR count). The molecule has 1 saturated heterocycles. The molecular weight excluding hydrogens is 208 g/mol. The van der Waals surface area contributed by atoms with Crippen LogP contribution in [-0.2, 0) is 9.53 Å². The molecule has 0 aliphatic carbocycles. The minimum atomic E-state index is -0.0924. The number of ether oxygens (including phenoxy) is 1. The third-order valence-corrected chi connectivity index (χ3v) is 2.71. The van der Waals surface area contributed by atoms with Gasteiger partial charge in [0.1, 0.15) is 0 Å². The summed E-state index contributed by atoms with van der Waals surface area (Å²) < 4.78 is 5.32. The van der Waals surface area contributed by atoms with E-state index in [0.717, 1.165) is 13.0 Å². The van der Waals surface area contributed by atoms with E-state index in [9.17, 15) is 4.79 Å². The van der Waals surface area contributed by atoms with Crippen molar-refractivity contribution in [2.45, 2.75) is 25.8 Å². The van der Waals surface area contributed by atoms with Crippen molar-refractivity contribution < 1.29 is 14.6 Å². The highest BCUT2D eigenvalue weighted by molar-refractivity contribution is 5.79. The fourth-order valence-electron chi connectivity index (χ4n) is 1.77. The Balaban J connectivity index is 2.29. The Kier molecular flexibility index (Phi) is 6.37. The molecule has 0 bridgehead atoms. The summed E-state index contributed by atoms with van der Waals surface area (Å²) in [4.78, 5) is 11.8. The molecule has 0 aromatic rings. The van der Waals surface area contributed by atoms with Crippen LogP contribution in [0.15, 0.2) is 0 Å². The average molecular weight is 230 g/mol. The monoisotopic (exact) mass is 230 g/mol. The smallest absolute Gasteiger partial charge is 0.227 e. The number of carbonyl (C=O) groups is 1. The largest absolute Gasteiger partial charge is 0.396 e. The van der Waals surface area contributed by atoms with Crippen LogP contribution in [0.1, 0.15) is 19.8 Å². The van der Waals surface area contributed by atoms with Crippen LogP contribution in [0, 0.1) is 5.92 Å². The standard InChI is InChI=1S/C11H22N2O3/c1-2-4-12-10-8-16-7-9(10)11(15)13-5-3-6-14/h9-10,12,14H,2-8H2,1H3,(H,13,15). The molecular formula is C11H22N2O3. The minimum absolute atomic E-state index is 0.0274. The number of carbonyl (C=O) groups excluding carboxylic acids is 1. The zero-order valence-electron chi connectivity index (χ0n) is 9.87. The first-order chi connectivity index (χ1) is 7.79. The lowest BCUT2D eigenvalue weighted by atomic mass is 10.0. The molecule has 1 heterocycles. The third-order valence-electron chi connectivity index (χ3n) is 2.71. The van der Waals surface area contributed by atoms with Crippen molar-refractivity contribution in [2.24, 2.45) is 5.92 Å². The van der Waals surface area contributed by atoms with E-state index in [1.807, 2.05) is 0 Å². The third kappa shape index (κ3) is 4.08. The van der Waals surface area contributed by atoms with Gasteiger partial charge in [-0.15, -0.1) is 0 Å². The van der Waals surface area contributed by atoms with Gasteiger partial charge in [0.2, 0.25) is 5.91 Å². The minimum Gasteiger partial charge on any atom is -0.396 e. The highest BCUT2D eigenvalue weighted by Crippen LogP contribution is 2.13. The summed E-state index contributed by atoms with van der Waals surface area (Å²) in [5.41, 5.74) is 0. The maximum atomic E-state index is 11.8. The molecule has 1 amide bonds. The predicted octanol–water partition coefficient (Wildman–Crippen LogP) is -0.500. The van der Waals surface area contributed by atoms with Crippen molar-refractivity contribution in [1.29, 1.82) is 0 Å². The van der Waals surface area contributed by atoms with Crippen LogP contribution < -0.4 is 10.6 Å². The predicted molar refractivity (Wildman–Crippen MR) is 61.1 cm³/mol. The summed E-state index contributed by atoms with van der Waals surface area (Å²) in [6, 6.07) is 0.133. The van der Waals surface area contributed by atoms with E-state index in [0.29, 0.717) is 26.2 Å². The van der Waals surface area contributed by atoms with Crippen molar-refractivity contribution in [1.82, 2.24) is 10.6 Å². The zero-order valence-corrected chi connectivity index (χ0v) is 9.87. The second kappa shape index (κ2) is 7.60. The Morgan fingerprint density at radius 1 is 1.44 bits per heavy atom. The molecule has 16 heavy (non-hydrogen) atoms. The first-order valence-electron chi connectivity index (χ1n) is 5.99. The highest BCUT2D eigenvalue weighted by Gasteiger charge is 2.33. The Morgan fingerprint density at radius 2 is 2.25 bits per heavy atom. The van der Waals surface area contributed by atoms with Gasteiger partial charge >= 0.3 is 0 Å². The van der Waals surface area contributed by atoms with Crippen molar-refractivity contribution in [3.05, 3.63) is 0 Å². The van der Waals surface area contributed by atoms with Gasteiger partial charge in [-0.05, 0) is 19.4 Å². The lowest BCUT2D eigenvalue weighted by molar-refractivity contribution is -0.125. The van der Waals surface area contributed by atoms with Crippen LogP contribution in [0.3, 0.4) is 0 Å². The molecule has 2 unspecified atom stereocenters. The summed E-state index contributed by atoms with van der Waals surface area (Å²) in [5.74, 6) is -0.0650. The van der Waals surface area contributed by atoms with Gasteiger partial charge < -0.3 is 20.5 Å². The quantitative estimate of drug-likeness (QED) is 0.516. The maximum absolute atomic E-state index is 11.8. The number of aliphatic hydroxyl groups excluding tert-OH is 1. The fourth-order valence-corrected chi connectivity index (χ4v) is 1.77. The Labute approximate surface area is 96.6 Å². The van der Waals surface area contributed by atoms with Crippen LogP contribution in [0.2, 0.25) is 0 Å². The van der Waals surface area contributed by atoms with Gasteiger partial charge in [-0.1, -0.05) is 6.92 Å². The maximum Gasteiger partial charge on any atom is 0.227 e. The Bertz CT molecular complexity index is 211. The average Bonchev–Trinajstić information content (AvgIpc) is 2.74. The molecule has 1 aliphatic heterocycles. The number of nitrogens with one attached hydrogen (secondary N) is 2. The van der Waals surface area contributed by atoms with E-state index in [2.05, 4.69) is 17.6 Å². The van der Waals surface area contributed by atoms with Crippen LogP contribution >= 0.6 is 0 Å². The number of amides is 1.